The van der Waals surface area contributed by atoms with E-state index >= 15 is 0 Å². The van der Waals surface area contributed by atoms with E-state index in [1.807, 2.05) is 51.1 Å². The third kappa shape index (κ3) is 2.89. The van der Waals surface area contributed by atoms with E-state index in [0.717, 1.165) is 12.0 Å². The van der Waals surface area contributed by atoms with E-state index in [-0.39, 0.29) is 23.7 Å². The summed E-state index contributed by atoms with van der Waals surface area (Å²) >= 11 is 0. The third-order valence-electron chi connectivity index (χ3n) is 4.55. The quantitative estimate of drug-likeness (QED) is 0.819. The summed E-state index contributed by atoms with van der Waals surface area (Å²) in [5, 5.41) is 5.51. The van der Waals surface area contributed by atoms with E-state index in [1.54, 1.807) is 0 Å². The maximum Gasteiger partial charge on any atom is 0.242 e. The molecule has 0 spiro atoms. The Morgan fingerprint density at radius 2 is 1.68 bits per heavy atom. The van der Waals surface area contributed by atoms with Gasteiger partial charge < -0.3 is 0 Å². The van der Waals surface area contributed by atoms with E-state index < -0.39 is 5.41 Å². The number of benzene rings is 1. The molecule has 22 heavy (non-hydrogen) atoms. The van der Waals surface area contributed by atoms with Crippen molar-refractivity contribution in [3.63, 3.8) is 0 Å². The Balaban J connectivity index is 2.16. The lowest BCUT2D eigenvalue weighted by molar-refractivity contribution is -0.147. The Morgan fingerprint density at radius 1 is 1.09 bits per heavy atom. The van der Waals surface area contributed by atoms with Crippen LogP contribution in [0.5, 0.6) is 0 Å². The summed E-state index contributed by atoms with van der Waals surface area (Å²) in [6.45, 7) is 6.22. The lowest BCUT2D eigenvalue weighted by Crippen LogP contribution is -2.64. The molecule has 118 valence electrons. The summed E-state index contributed by atoms with van der Waals surface area (Å²) in [5.41, 5.74) is 0.0216. The molecule has 1 aromatic rings. The first-order chi connectivity index (χ1) is 10.5. The summed E-state index contributed by atoms with van der Waals surface area (Å²) in [4.78, 5) is 29.3. The second-order valence-corrected chi connectivity index (χ2v) is 5.69. The van der Waals surface area contributed by atoms with Crippen LogP contribution in [0.3, 0.4) is 0 Å². The van der Waals surface area contributed by atoms with Crippen molar-refractivity contribution in [2.24, 2.45) is 16.3 Å². The number of carbonyl (C=O) groups excluding carboxylic acids is 2. The van der Waals surface area contributed by atoms with E-state index in [1.165, 1.54) is 0 Å². The zero-order chi connectivity index (χ0) is 16.2. The van der Waals surface area contributed by atoms with Crippen LogP contribution in [0.15, 0.2) is 35.3 Å². The molecule has 1 atom stereocenters. The summed E-state index contributed by atoms with van der Waals surface area (Å²) in [5.74, 6) is -0.278. The minimum absolute atomic E-state index is 0.0202. The van der Waals surface area contributed by atoms with Crippen LogP contribution in [0.4, 0.5) is 0 Å². The molecule has 2 amide bonds. The SMILES string of the molecule is CC[C@@H](C)C1(CC)C(=O)NC(=NCc2ccccc2)NC1=O. The first kappa shape index (κ1) is 16.2. The number of amides is 2. The van der Waals surface area contributed by atoms with E-state index in [4.69, 9.17) is 0 Å². The third-order valence-corrected chi connectivity index (χ3v) is 4.55. The van der Waals surface area contributed by atoms with Crippen molar-refractivity contribution in [1.82, 2.24) is 10.6 Å². The molecule has 0 bridgehead atoms. The lowest BCUT2D eigenvalue weighted by atomic mass is 9.70. The van der Waals surface area contributed by atoms with Gasteiger partial charge >= 0.3 is 0 Å². The Bertz CT molecular complexity index is 561. The summed E-state index contributed by atoms with van der Waals surface area (Å²) < 4.78 is 0. The average Bonchev–Trinajstić information content (AvgIpc) is 2.54. The molecular weight excluding hydrogens is 278 g/mol. The zero-order valence-corrected chi connectivity index (χ0v) is 13.3. The van der Waals surface area contributed by atoms with Crippen molar-refractivity contribution in [2.45, 2.75) is 40.2 Å². The van der Waals surface area contributed by atoms with E-state index in [0.29, 0.717) is 13.0 Å². The van der Waals surface area contributed by atoms with Gasteiger partial charge in [-0.3, -0.25) is 20.2 Å². The molecule has 1 aliphatic heterocycles. The molecule has 0 radical (unpaired) electrons. The Labute approximate surface area is 131 Å². The number of hydrogen-bond acceptors (Lipinski definition) is 3. The number of nitrogens with zero attached hydrogens (tertiary/aromatic N) is 1. The normalized spacial score (nSPS) is 22.8. The van der Waals surface area contributed by atoms with Crippen LogP contribution in [-0.2, 0) is 16.1 Å². The molecule has 5 nitrogen and oxygen atoms in total. The molecule has 0 unspecified atom stereocenters. The summed E-state index contributed by atoms with van der Waals surface area (Å²) in [6, 6.07) is 9.69. The van der Waals surface area contributed by atoms with Crippen LogP contribution in [-0.4, -0.2) is 17.8 Å². The number of carbonyl (C=O) groups is 2. The van der Waals surface area contributed by atoms with Crippen LogP contribution in [0.1, 0.15) is 39.2 Å². The van der Waals surface area contributed by atoms with Gasteiger partial charge in [0.05, 0.1) is 6.54 Å². The number of nitrogens with one attached hydrogen (secondary N) is 2. The molecule has 2 N–H and O–H groups in total. The second-order valence-electron chi connectivity index (χ2n) is 5.69. The fourth-order valence-electron chi connectivity index (χ4n) is 2.87. The molecule has 2 rings (SSSR count). The topological polar surface area (TPSA) is 70.6 Å². The van der Waals surface area contributed by atoms with Gasteiger partial charge in [0.1, 0.15) is 5.41 Å². The van der Waals surface area contributed by atoms with Crippen LogP contribution in [0, 0.1) is 11.3 Å². The number of rotatable bonds is 5. The zero-order valence-electron chi connectivity index (χ0n) is 13.3. The van der Waals surface area contributed by atoms with Gasteiger partial charge in [0.2, 0.25) is 17.8 Å². The van der Waals surface area contributed by atoms with Gasteiger partial charge in [0.25, 0.3) is 0 Å². The van der Waals surface area contributed by atoms with Crippen LogP contribution < -0.4 is 10.6 Å². The van der Waals surface area contributed by atoms with Crippen molar-refractivity contribution in [3.05, 3.63) is 35.9 Å². The fourth-order valence-corrected chi connectivity index (χ4v) is 2.87. The molecule has 0 aliphatic carbocycles. The van der Waals surface area contributed by atoms with Crippen molar-refractivity contribution >= 4 is 17.8 Å². The highest BCUT2D eigenvalue weighted by Gasteiger charge is 2.51. The fraction of sp³-hybridized carbons (Fsp3) is 0.471. The van der Waals surface area contributed by atoms with Gasteiger partial charge in [0, 0.05) is 0 Å². The molecule has 1 aliphatic rings. The molecule has 0 aromatic heterocycles. The van der Waals surface area contributed by atoms with Gasteiger partial charge in [-0.05, 0) is 17.9 Å². The second kappa shape index (κ2) is 6.73. The van der Waals surface area contributed by atoms with Crippen molar-refractivity contribution < 1.29 is 9.59 Å². The molecule has 1 heterocycles. The molecule has 1 fully saturated rings. The van der Waals surface area contributed by atoms with Gasteiger partial charge in [-0.25, -0.2) is 4.99 Å². The highest BCUT2D eigenvalue weighted by Crippen LogP contribution is 2.35. The van der Waals surface area contributed by atoms with Crippen LogP contribution >= 0.6 is 0 Å². The van der Waals surface area contributed by atoms with Crippen molar-refractivity contribution in [2.75, 3.05) is 0 Å². The first-order valence-corrected chi connectivity index (χ1v) is 7.75. The van der Waals surface area contributed by atoms with Crippen molar-refractivity contribution in [3.8, 4) is 0 Å². The predicted molar refractivity (Wildman–Crippen MR) is 86.0 cm³/mol. The van der Waals surface area contributed by atoms with Gasteiger partial charge in [-0.2, -0.15) is 0 Å². The predicted octanol–water partition coefficient (Wildman–Crippen LogP) is 2.23. The first-order valence-electron chi connectivity index (χ1n) is 7.75. The summed E-state index contributed by atoms with van der Waals surface area (Å²) in [7, 11) is 0. The number of aliphatic imine (C=N–C) groups is 1. The van der Waals surface area contributed by atoms with Gasteiger partial charge in [-0.1, -0.05) is 57.5 Å². The van der Waals surface area contributed by atoms with Crippen molar-refractivity contribution in [1.29, 1.82) is 0 Å². The molecule has 1 aromatic carbocycles. The lowest BCUT2D eigenvalue weighted by Gasteiger charge is -2.38. The van der Waals surface area contributed by atoms with E-state index in [2.05, 4.69) is 15.6 Å². The average molecular weight is 301 g/mol. The number of hydrogen-bond donors (Lipinski definition) is 2. The Morgan fingerprint density at radius 3 is 2.18 bits per heavy atom. The minimum atomic E-state index is -0.999. The molecular formula is C17H23N3O2. The van der Waals surface area contributed by atoms with Gasteiger partial charge in [-0.15, -0.1) is 0 Å². The smallest absolute Gasteiger partial charge is 0.242 e. The molecule has 0 saturated carbocycles. The van der Waals surface area contributed by atoms with Crippen LogP contribution in [0.2, 0.25) is 0 Å². The Kier molecular flexibility index (Phi) is 4.96. The minimum Gasteiger partial charge on any atom is -0.295 e. The maximum absolute atomic E-state index is 12.5. The molecule has 1 saturated heterocycles. The highest BCUT2D eigenvalue weighted by molar-refractivity contribution is 6.20. The highest BCUT2D eigenvalue weighted by atomic mass is 16.2. The van der Waals surface area contributed by atoms with Gasteiger partial charge in [0.15, 0.2) is 0 Å². The largest absolute Gasteiger partial charge is 0.295 e. The van der Waals surface area contributed by atoms with Crippen LogP contribution in [0.25, 0.3) is 0 Å². The Hall–Kier alpha value is -2.17. The summed E-state index contributed by atoms with van der Waals surface area (Å²) in [6.07, 6.45) is 1.25. The van der Waals surface area contributed by atoms with E-state index in [9.17, 15) is 9.59 Å². The number of guanidine groups is 1. The molecule has 5 heteroatoms. The standard InChI is InChI=1S/C17H23N3O2/c1-4-12(3)17(5-2)14(21)19-16(20-15(17)22)18-11-13-9-7-6-8-10-13/h6-10,12H,4-5,11H2,1-3H3,(H2,18,19,20,21,22)/t12-/m1/s1. The maximum atomic E-state index is 12.5. The monoisotopic (exact) mass is 301 g/mol.